The number of para-hydroxylation sites is 2. The van der Waals surface area contributed by atoms with Crippen LogP contribution in [0, 0.1) is 0 Å². The number of ether oxygens (including phenoxy) is 1. The predicted molar refractivity (Wildman–Crippen MR) is 131 cm³/mol. The van der Waals surface area contributed by atoms with Gasteiger partial charge in [0.1, 0.15) is 17.3 Å². The van der Waals surface area contributed by atoms with Gasteiger partial charge in [-0.15, -0.1) is 0 Å². The predicted octanol–water partition coefficient (Wildman–Crippen LogP) is 4.21. The molecule has 5 N–H and O–H groups in total. The zero-order valence-corrected chi connectivity index (χ0v) is 20.6. The van der Waals surface area contributed by atoms with E-state index in [2.05, 4.69) is 20.9 Å². The molecule has 200 valence electrons. The third kappa shape index (κ3) is 7.72. The van der Waals surface area contributed by atoms with Crippen LogP contribution in [0.5, 0.6) is 0 Å². The normalized spacial score (nSPS) is 18.1. The SMILES string of the molecule is CC(C)(C)OC(=O)N1CCC(NC(=O)Nc2ccc(C(F)(F)F)nc2)CC1C(=O)Nc1ccccc1N. The fourth-order valence-corrected chi connectivity index (χ4v) is 3.70. The Morgan fingerprint density at radius 3 is 2.38 bits per heavy atom. The number of urea groups is 1. The highest BCUT2D eigenvalue weighted by Gasteiger charge is 2.39. The van der Waals surface area contributed by atoms with Crippen LogP contribution in [0.25, 0.3) is 0 Å². The first kappa shape index (κ1) is 27.6. The highest BCUT2D eigenvalue weighted by molar-refractivity contribution is 5.99. The molecule has 1 aliphatic rings. The summed E-state index contributed by atoms with van der Waals surface area (Å²) in [5.74, 6) is -0.511. The van der Waals surface area contributed by atoms with E-state index in [1.807, 2.05) is 0 Å². The van der Waals surface area contributed by atoms with Gasteiger partial charge in [-0.3, -0.25) is 9.69 Å². The lowest BCUT2D eigenvalue weighted by atomic mass is 9.96. The molecule has 3 rings (SSSR count). The summed E-state index contributed by atoms with van der Waals surface area (Å²) in [5, 5.41) is 7.84. The summed E-state index contributed by atoms with van der Waals surface area (Å²) < 4.78 is 43.5. The Balaban J connectivity index is 1.70. The number of aromatic nitrogens is 1. The maximum atomic E-state index is 13.2. The molecule has 1 saturated heterocycles. The number of rotatable bonds is 4. The Hall–Kier alpha value is -4.03. The van der Waals surface area contributed by atoms with Crippen molar-refractivity contribution in [2.24, 2.45) is 0 Å². The van der Waals surface area contributed by atoms with E-state index in [1.54, 1.807) is 45.0 Å². The maximum Gasteiger partial charge on any atom is 0.433 e. The van der Waals surface area contributed by atoms with Crippen LogP contribution in [0.2, 0.25) is 0 Å². The number of benzene rings is 1. The number of nitrogen functional groups attached to an aromatic ring is 1. The molecule has 0 bridgehead atoms. The van der Waals surface area contributed by atoms with Crippen molar-refractivity contribution in [2.45, 2.75) is 57.5 Å². The molecule has 2 unspecified atom stereocenters. The lowest BCUT2D eigenvalue weighted by Crippen LogP contribution is -2.57. The Kier molecular flexibility index (Phi) is 8.14. The van der Waals surface area contributed by atoms with E-state index in [-0.39, 0.29) is 18.7 Å². The third-order valence-electron chi connectivity index (χ3n) is 5.40. The summed E-state index contributed by atoms with van der Waals surface area (Å²) in [6.07, 6.45) is -3.99. The molecule has 2 heterocycles. The summed E-state index contributed by atoms with van der Waals surface area (Å²) in [6.45, 7) is 5.24. The number of likely N-dealkylation sites (tertiary alicyclic amines) is 1. The number of amides is 4. The highest BCUT2D eigenvalue weighted by Crippen LogP contribution is 2.28. The number of halogens is 3. The van der Waals surface area contributed by atoms with Crippen LogP contribution >= 0.6 is 0 Å². The minimum absolute atomic E-state index is 0.0607. The molecule has 37 heavy (non-hydrogen) atoms. The quantitative estimate of drug-likeness (QED) is 0.444. The van der Waals surface area contributed by atoms with Crippen LogP contribution in [0.4, 0.5) is 39.8 Å². The summed E-state index contributed by atoms with van der Waals surface area (Å²) in [7, 11) is 0. The number of anilines is 3. The monoisotopic (exact) mass is 522 g/mol. The first-order chi connectivity index (χ1) is 17.2. The third-order valence-corrected chi connectivity index (χ3v) is 5.40. The highest BCUT2D eigenvalue weighted by atomic mass is 19.4. The van der Waals surface area contributed by atoms with Crippen LogP contribution < -0.4 is 21.7 Å². The smallest absolute Gasteiger partial charge is 0.433 e. The largest absolute Gasteiger partial charge is 0.444 e. The van der Waals surface area contributed by atoms with E-state index in [9.17, 15) is 27.6 Å². The first-order valence-electron chi connectivity index (χ1n) is 11.5. The second kappa shape index (κ2) is 10.9. The van der Waals surface area contributed by atoms with Crippen molar-refractivity contribution in [1.29, 1.82) is 0 Å². The molecule has 0 aliphatic carbocycles. The van der Waals surface area contributed by atoms with Crippen LogP contribution in [-0.4, -0.2) is 52.1 Å². The van der Waals surface area contributed by atoms with Gasteiger partial charge in [-0.05, 0) is 57.9 Å². The number of nitrogens with zero attached hydrogens (tertiary/aromatic N) is 2. The fourth-order valence-electron chi connectivity index (χ4n) is 3.70. The molecule has 0 saturated carbocycles. The van der Waals surface area contributed by atoms with Gasteiger partial charge >= 0.3 is 18.3 Å². The number of nitrogens with two attached hydrogens (primary N) is 1. The van der Waals surface area contributed by atoms with Crippen molar-refractivity contribution in [3.8, 4) is 0 Å². The molecule has 1 fully saturated rings. The van der Waals surface area contributed by atoms with E-state index in [1.165, 1.54) is 4.90 Å². The summed E-state index contributed by atoms with van der Waals surface area (Å²) in [6, 6.07) is 6.29. The molecule has 10 nitrogen and oxygen atoms in total. The van der Waals surface area contributed by atoms with E-state index in [4.69, 9.17) is 10.5 Å². The Morgan fingerprint density at radius 1 is 1.08 bits per heavy atom. The number of piperidine rings is 1. The van der Waals surface area contributed by atoms with E-state index in [0.717, 1.165) is 18.3 Å². The first-order valence-corrected chi connectivity index (χ1v) is 11.5. The molecule has 1 aliphatic heterocycles. The lowest BCUT2D eigenvalue weighted by Gasteiger charge is -2.39. The number of carbonyl (C=O) groups is 3. The number of nitrogens with one attached hydrogen (secondary N) is 3. The van der Waals surface area contributed by atoms with E-state index < -0.39 is 47.6 Å². The molecule has 2 atom stereocenters. The topological polar surface area (TPSA) is 139 Å². The van der Waals surface area contributed by atoms with Crippen LogP contribution in [-0.2, 0) is 15.7 Å². The minimum Gasteiger partial charge on any atom is -0.444 e. The van der Waals surface area contributed by atoms with Crippen LogP contribution in [0.1, 0.15) is 39.3 Å². The van der Waals surface area contributed by atoms with E-state index >= 15 is 0 Å². The van der Waals surface area contributed by atoms with Gasteiger partial charge in [0.05, 0.1) is 23.3 Å². The second-order valence-electron chi connectivity index (χ2n) is 9.52. The Bertz CT molecular complexity index is 1130. The van der Waals surface area contributed by atoms with Gasteiger partial charge in [-0.2, -0.15) is 13.2 Å². The molecule has 4 amide bonds. The van der Waals surface area contributed by atoms with Gasteiger partial charge in [0.15, 0.2) is 0 Å². The zero-order chi connectivity index (χ0) is 27.4. The van der Waals surface area contributed by atoms with Crippen molar-refractivity contribution in [3.05, 3.63) is 48.3 Å². The second-order valence-corrected chi connectivity index (χ2v) is 9.52. The van der Waals surface area contributed by atoms with Crippen LogP contribution in [0.3, 0.4) is 0 Å². The molecule has 2 aromatic rings. The van der Waals surface area contributed by atoms with Gasteiger partial charge in [-0.1, -0.05) is 12.1 Å². The van der Waals surface area contributed by atoms with Crippen molar-refractivity contribution < 1.29 is 32.3 Å². The molecule has 13 heteroatoms. The zero-order valence-electron chi connectivity index (χ0n) is 20.6. The van der Waals surface area contributed by atoms with Gasteiger partial charge in [0.25, 0.3) is 0 Å². The summed E-state index contributed by atoms with van der Waals surface area (Å²) >= 11 is 0. The van der Waals surface area contributed by atoms with Crippen molar-refractivity contribution in [3.63, 3.8) is 0 Å². The Labute approximate surface area is 211 Å². The number of hydrogen-bond donors (Lipinski definition) is 4. The van der Waals surface area contributed by atoms with Gasteiger partial charge in [0.2, 0.25) is 5.91 Å². The average molecular weight is 523 g/mol. The Morgan fingerprint density at radius 2 is 1.78 bits per heavy atom. The van der Waals surface area contributed by atoms with Gasteiger partial charge < -0.3 is 26.4 Å². The molecule has 1 aromatic heterocycles. The number of alkyl halides is 3. The number of carbonyl (C=O) groups excluding carboxylic acids is 3. The van der Waals surface area contributed by atoms with Crippen molar-refractivity contribution >= 4 is 35.1 Å². The molecule has 0 radical (unpaired) electrons. The van der Waals surface area contributed by atoms with Crippen molar-refractivity contribution in [2.75, 3.05) is 22.9 Å². The standard InChI is InChI=1S/C24H29F3N6O4/c1-23(2,3)37-22(36)33-11-10-14(12-18(33)20(34)32-17-7-5-4-6-16(17)28)30-21(35)31-15-8-9-19(29-13-15)24(25,26)27/h4-9,13-14,18H,10-12,28H2,1-3H3,(H,32,34)(H2,30,31,35). The molecule has 0 spiro atoms. The number of hydrogen-bond acceptors (Lipinski definition) is 6. The molecule has 1 aromatic carbocycles. The molecular formula is C24H29F3N6O4. The van der Waals surface area contributed by atoms with Crippen molar-refractivity contribution in [1.82, 2.24) is 15.2 Å². The minimum atomic E-state index is -4.59. The van der Waals surface area contributed by atoms with Crippen LogP contribution in [0.15, 0.2) is 42.6 Å². The maximum absolute atomic E-state index is 13.2. The summed E-state index contributed by atoms with van der Waals surface area (Å²) in [4.78, 5) is 43.1. The van der Waals surface area contributed by atoms with Gasteiger partial charge in [-0.25, -0.2) is 14.6 Å². The van der Waals surface area contributed by atoms with Gasteiger partial charge in [0, 0.05) is 12.6 Å². The number of pyridine rings is 1. The fraction of sp³-hybridized carbons (Fsp3) is 0.417. The molecular weight excluding hydrogens is 493 g/mol. The summed E-state index contributed by atoms with van der Waals surface area (Å²) in [5.41, 5.74) is 4.83. The lowest BCUT2D eigenvalue weighted by molar-refractivity contribution is -0.141. The van der Waals surface area contributed by atoms with E-state index in [0.29, 0.717) is 17.8 Å². The average Bonchev–Trinajstić information content (AvgIpc) is 2.79.